The maximum atomic E-state index is 12.6. The van der Waals surface area contributed by atoms with Crippen molar-refractivity contribution in [3.05, 3.63) is 40.9 Å². The molecule has 2 heterocycles. The topological polar surface area (TPSA) is 45.2 Å². The van der Waals surface area contributed by atoms with E-state index in [1.165, 1.54) is 5.56 Å². The average Bonchev–Trinajstić information content (AvgIpc) is 3.04. The van der Waals surface area contributed by atoms with Crippen LogP contribution in [0, 0.1) is 6.92 Å². The van der Waals surface area contributed by atoms with E-state index >= 15 is 0 Å². The van der Waals surface area contributed by atoms with E-state index < -0.39 is 0 Å². The number of piperidine rings is 1. The van der Waals surface area contributed by atoms with Crippen LogP contribution in [0.1, 0.15) is 28.9 Å². The molecule has 4 nitrogen and oxygen atoms in total. The van der Waals surface area contributed by atoms with Crippen molar-refractivity contribution in [2.45, 2.75) is 25.8 Å². The number of likely N-dealkylation sites (tertiary alicyclic amines) is 1. The first-order chi connectivity index (χ1) is 10.7. The molecule has 0 spiro atoms. The van der Waals surface area contributed by atoms with Crippen LogP contribution in [0.2, 0.25) is 0 Å². The van der Waals surface area contributed by atoms with Crippen LogP contribution >= 0.6 is 23.7 Å². The molecule has 1 unspecified atom stereocenters. The van der Waals surface area contributed by atoms with Crippen LogP contribution < -0.4 is 5.32 Å². The molecule has 6 heteroatoms. The molecule has 1 amide bonds. The van der Waals surface area contributed by atoms with Crippen LogP contribution in [-0.4, -0.2) is 42.0 Å². The first-order valence-corrected chi connectivity index (χ1v) is 8.55. The van der Waals surface area contributed by atoms with E-state index in [9.17, 15) is 4.79 Å². The highest BCUT2D eigenvalue weighted by atomic mass is 35.5. The van der Waals surface area contributed by atoms with Gasteiger partial charge in [-0.3, -0.25) is 4.79 Å². The largest absolute Gasteiger partial charge is 0.336 e. The number of nitrogens with one attached hydrogen (secondary N) is 1. The normalized spacial score (nSPS) is 17.7. The highest BCUT2D eigenvalue weighted by Gasteiger charge is 2.25. The minimum absolute atomic E-state index is 0. The molecule has 1 aromatic heterocycles. The van der Waals surface area contributed by atoms with Crippen molar-refractivity contribution in [3.8, 4) is 10.6 Å². The zero-order valence-electron chi connectivity index (χ0n) is 13.4. The van der Waals surface area contributed by atoms with Crippen molar-refractivity contribution in [1.29, 1.82) is 0 Å². The summed E-state index contributed by atoms with van der Waals surface area (Å²) >= 11 is 1.54. The van der Waals surface area contributed by atoms with Gasteiger partial charge in [0.05, 0.1) is 0 Å². The van der Waals surface area contributed by atoms with Crippen molar-refractivity contribution in [2.75, 3.05) is 20.1 Å². The standard InChI is InChI=1S/C17H21N3OS.ClH/c1-12-6-3-4-8-14(12)16-19-15(11-22-16)17(21)20-9-5-7-13(10-20)18-2;/h3-4,6,8,11,13,18H,5,7,9-10H2,1-2H3;1H. The highest BCUT2D eigenvalue weighted by molar-refractivity contribution is 7.13. The summed E-state index contributed by atoms with van der Waals surface area (Å²) in [6.45, 7) is 3.67. The predicted octanol–water partition coefficient (Wildman–Crippen LogP) is 3.36. The Kier molecular flexibility index (Phi) is 6.16. The number of likely N-dealkylation sites (N-methyl/N-ethyl adjacent to an activating group) is 1. The van der Waals surface area contributed by atoms with Crippen LogP contribution in [0.15, 0.2) is 29.6 Å². The van der Waals surface area contributed by atoms with Crippen LogP contribution in [-0.2, 0) is 0 Å². The van der Waals surface area contributed by atoms with Gasteiger partial charge < -0.3 is 10.2 Å². The summed E-state index contributed by atoms with van der Waals surface area (Å²) in [5.41, 5.74) is 2.86. The minimum Gasteiger partial charge on any atom is -0.336 e. The van der Waals surface area contributed by atoms with E-state index in [1.807, 2.05) is 29.5 Å². The number of hydrogen-bond acceptors (Lipinski definition) is 4. The molecular weight excluding hydrogens is 330 g/mol. The summed E-state index contributed by atoms with van der Waals surface area (Å²) in [7, 11) is 1.96. The third kappa shape index (κ3) is 3.91. The Morgan fingerprint density at radius 3 is 2.91 bits per heavy atom. The molecule has 1 N–H and O–H groups in total. The maximum absolute atomic E-state index is 12.6. The number of halogens is 1. The Morgan fingerprint density at radius 1 is 1.39 bits per heavy atom. The number of nitrogens with zero attached hydrogens (tertiary/aromatic N) is 2. The quantitative estimate of drug-likeness (QED) is 0.922. The van der Waals surface area contributed by atoms with Gasteiger partial charge in [-0.15, -0.1) is 23.7 Å². The van der Waals surface area contributed by atoms with E-state index in [1.54, 1.807) is 11.3 Å². The SMILES string of the molecule is CNC1CCCN(C(=O)c2csc(-c3ccccc3C)n2)C1.Cl. The van der Waals surface area contributed by atoms with Gasteiger partial charge in [-0.25, -0.2) is 4.98 Å². The van der Waals surface area contributed by atoms with E-state index in [4.69, 9.17) is 0 Å². The van der Waals surface area contributed by atoms with Gasteiger partial charge in [0.1, 0.15) is 10.7 Å². The Balaban J connectivity index is 0.00000192. The van der Waals surface area contributed by atoms with Gasteiger partial charge in [-0.05, 0) is 32.4 Å². The predicted molar refractivity (Wildman–Crippen MR) is 97.5 cm³/mol. The summed E-state index contributed by atoms with van der Waals surface area (Å²) in [6, 6.07) is 8.55. The third-order valence-electron chi connectivity index (χ3n) is 4.22. The van der Waals surface area contributed by atoms with Crippen molar-refractivity contribution >= 4 is 29.7 Å². The second-order valence-corrected chi connectivity index (χ2v) is 6.59. The Labute approximate surface area is 147 Å². The lowest BCUT2D eigenvalue weighted by atomic mass is 10.1. The number of amides is 1. The number of aryl methyl sites for hydroxylation is 1. The molecule has 124 valence electrons. The molecule has 2 aromatic rings. The van der Waals surface area contributed by atoms with Crippen LogP contribution in [0.4, 0.5) is 0 Å². The Bertz CT molecular complexity index is 673. The number of aromatic nitrogens is 1. The first kappa shape index (κ1) is 17.9. The van der Waals surface area contributed by atoms with Crippen molar-refractivity contribution < 1.29 is 4.79 Å². The average molecular weight is 352 g/mol. The molecule has 0 aliphatic carbocycles. The van der Waals surface area contributed by atoms with E-state index in [0.717, 1.165) is 36.5 Å². The van der Waals surface area contributed by atoms with Crippen LogP contribution in [0.3, 0.4) is 0 Å². The summed E-state index contributed by atoms with van der Waals surface area (Å²) < 4.78 is 0. The molecule has 1 fully saturated rings. The zero-order chi connectivity index (χ0) is 15.5. The lowest BCUT2D eigenvalue weighted by molar-refractivity contribution is 0.0693. The molecule has 1 saturated heterocycles. The van der Waals surface area contributed by atoms with E-state index in [-0.39, 0.29) is 18.3 Å². The fraction of sp³-hybridized carbons (Fsp3) is 0.412. The smallest absolute Gasteiger partial charge is 0.273 e. The summed E-state index contributed by atoms with van der Waals surface area (Å²) in [6.07, 6.45) is 2.18. The summed E-state index contributed by atoms with van der Waals surface area (Å²) in [5, 5.41) is 6.07. The molecule has 1 aromatic carbocycles. The second-order valence-electron chi connectivity index (χ2n) is 5.73. The second kappa shape index (κ2) is 7.90. The molecule has 0 saturated carbocycles. The van der Waals surface area contributed by atoms with Gasteiger partial charge in [-0.1, -0.05) is 24.3 Å². The Morgan fingerprint density at radius 2 is 2.17 bits per heavy atom. The summed E-state index contributed by atoms with van der Waals surface area (Å²) in [4.78, 5) is 19.1. The number of thiazole rings is 1. The van der Waals surface area contributed by atoms with Crippen LogP contribution in [0.25, 0.3) is 10.6 Å². The fourth-order valence-electron chi connectivity index (χ4n) is 2.87. The molecule has 0 bridgehead atoms. The fourth-order valence-corrected chi connectivity index (χ4v) is 3.75. The molecule has 0 radical (unpaired) electrons. The van der Waals surface area contributed by atoms with Crippen molar-refractivity contribution in [2.24, 2.45) is 0 Å². The zero-order valence-corrected chi connectivity index (χ0v) is 15.0. The van der Waals surface area contributed by atoms with Gasteiger partial charge in [0, 0.05) is 30.1 Å². The molecule has 1 atom stereocenters. The number of benzene rings is 1. The molecule has 3 rings (SSSR count). The van der Waals surface area contributed by atoms with Gasteiger partial charge in [0.2, 0.25) is 0 Å². The minimum atomic E-state index is 0. The number of carbonyl (C=O) groups is 1. The van der Waals surface area contributed by atoms with Crippen molar-refractivity contribution in [1.82, 2.24) is 15.2 Å². The first-order valence-electron chi connectivity index (χ1n) is 7.67. The maximum Gasteiger partial charge on any atom is 0.273 e. The van der Waals surface area contributed by atoms with Gasteiger partial charge >= 0.3 is 0 Å². The van der Waals surface area contributed by atoms with Gasteiger partial charge in [-0.2, -0.15) is 0 Å². The number of hydrogen-bond donors (Lipinski definition) is 1. The van der Waals surface area contributed by atoms with Gasteiger partial charge in [0.15, 0.2) is 0 Å². The number of rotatable bonds is 3. The van der Waals surface area contributed by atoms with Crippen molar-refractivity contribution in [3.63, 3.8) is 0 Å². The highest BCUT2D eigenvalue weighted by Crippen LogP contribution is 2.27. The monoisotopic (exact) mass is 351 g/mol. The van der Waals surface area contributed by atoms with E-state index in [2.05, 4.69) is 29.4 Å². The molecule has 1 aliphatic heterocycles. The van der Waals surface area contributed by atoms with E-state index in [0.29, 0.717) is 11.7 Å². The van der Waals surface area contributed by atoms with Crippen LogP contribution in [0.5, 0.6) is 0 Å². The molecule has 23 heavy (non-hydrogen) atoms. The molecular formula is C17H22ClN3OS. The van der Waals surface area contributed by atoms with Gasteiger partial charge in [0.25, 0.3) is 5.91 Å². The lowest BCUT2D eigenvalue weighted by Gasteiger charge is -2.32. The summed E-state index contributed by atoms with van der Waals surface area (Å²) in [5.74, 6) is 0.0519. The molecule has 1 aliphatic rings. The Hall–Kier alpha value is -1.43. The number of carbonyl (C=O) groups excluding carboxylic acids is 1. The lowest BCUT2D eigenvalue weighted by Crippen LogP contribution is -2.47. The third-order valence-corrected chi connectivity index (χ3v) is 5.09.